The summed E-state index contributed by atoms with van der Waals surface area (Å²) in [5.41, 5.74) is 5.52. The Balaban J connectivity index is 1.61. The summed E-state index contributed by atoms with van der Waals surface area (Å²) in [6.45, 7) is 4.29. The van der Waals surface area contributed by atoms with Gasteiger partial charge in [0.25, 0.3) is 5.91 Å². The number of nitrogens with one attached hydrogen (secondary N) is 2. The average molecular weight is 322 g/mol. The highest BCUT2D eigenvalue weighted by Crippen LogP contribution is 2.17. The van der Waals surface area contributed by atoms with Gasteiger partial charge in [-0.2, -0.15) is 10.2 Å². The Morgan fingerprint density at radius 1 is 1.29 bits per heavy atom. The van der Waals surface area contributed by atoms with Crippen molar-refractivity contribution in [3.63, 3.8) is 0 Å². The Hall–Kier alpha value is -3.15. The van der Waals surface area contributed by atoms with Gasteiger partial charge in [0.2, 0.25) is 0 Å². The zero-order valence-electron chi connectivity index (χ0n) is 13.5. The molecule has 6 nitrogen and oxygen atoms in total. The van der Waals surface area contributed by atoms with E-state index in [1.807, 2.05) is 12.1 Å². The monoisotopic (exact) mass is 322 g/mol. The van der Waals surface area contributed by atoms with Crippen molar-refractivity contribution in [3.8, 4) is 11.5 Å². The highest BCUT2D eigenvalue weighted by molar-refractivity contribution is 5.93. The first-order chi connectivity index (χ1) is 11.6. The first-order valence-electron chi connectivity index (χ1n) is 7.66. The lowest BCUT2D eigenvalue weighted by molar-refractivity contribution is 0.0950. The summed E-state index contributed by atoms with van der Waals surface area (Å²) in [6.07, 6.45) is 3.16. The molecular formula is C18H18N4O2. The SMILES string of the molecule is CC(C)c1ccc(C=NNC(=O)c2cc(-c3ccco3)[nH]n2)cc1. The summed E-state index contributed by atoms with van der Waals surface area (Å²) in [5, 5.41) is 10.7. The molecule has 0 atom stereocenters. The van der Waals surface area contributed by atoms with Crippen LogP contribution in [-0.4, -0.2) is 22.3 Å². The second-order valence-electron chi connectivity index (χ2n) is 5.66. The van der Waals surface area contributed by atoms with Crippen LogP contribution in [0.2, 0.25) is 0 Å². The first kappa shape index (κ1) is 15.7. The predicted molar refractivity (Wildman–Crippen MR) is 91.9 cm³/mol. The summed E-state index contributed by atoms with van der Waals surface area (Å²) < 4.78 is 5.25. The van der Waals surface area contributed by atoms with Gasteiger partial charge in [0, 0.05) is 6.07 Å². The maximum absolute atomic E-state index is 12.0. The lowest BCUT2D eigenvalue weighted by atomic mass is 10.0. The number of aromatic amines is 1. The largest absolute Gasteiger partial charge is 0.463 e. The maximum atomic E-state index is 12.0. The molecule has 2 heterocycles. The van der Waals surface area contributed by atoms with Gasteiger partial charge >= 0.3 is 0 Å². The molecule has 1 aromatic carbocycles. The van der Waals surface area contributed by atoms with Crippen molar-refractivity contribution < 1.29 is 9.21 Å². The smallest absolute Gasteiger partial charge is 0.291 e. The van der Waals surface area contributed by atoms with Gasteiger partial charge in [-0.15, -0.1) is 0 Å². The van der Waals surface area contributed by atoms with Crippen molar-refractivity contribution in [1.29, 1.82) is 0 Å². The number of rotatable bonds is 5. The molecule has 0 fully saturated rings. The van der Waals surface area contributed by atoms with Crippen molar-refractivity contribution >= 4 is 12.1 Å². The Morgan fingerprint density at radius 3 is 2.75 bits per heavy atom. The zero-order valence-corrected chi connectivity index (χ0v) is 13.5. The van der Waals surface area contributed by atoms with Crippen LogP contribution in [0.5, 0.6) is 0 Å². The minimum Gasteiger partial charge on any atom is -0.463 e. The topological polar surface area (TPSA) is 83.3 Å². The molecule has 6 heteroatoms. The first-order valence-corrected chi connectivity index (χ1v) is 7.66. The Bertz CT molecular complexity index is 830. The number of carbonyl (C=O) groups excluding carboxylic acids is 1. The molecule has 3 aromatic rings. The summed E-state index contributed by atoms with van der Waals surface area (Å²) in [5.74, 6) is 0.716. The van der Waals surface area contributed by atoms with Crippen molar-refractivity contribution in [2.45, 2.75) is 19.8 Å². The molecule has 0 spiro atoms. The molecule has 0 radical (unpaired) electrons. The number of carbonyl (C=O) groups is 1. The molecule has 0 bridgehead atoms. The molecule has 24 heavy (non-hydrogen) atoms. The van der Waals surface area contributed by atoms with E-state index in [4.69, 9.17) is 4.42 Å². The average Bonchev–Trinajstić information content (AvgIpc) is 3.26. The maximum Gasteiger partial charge on any atom is 0.291 e. The van der Waals surface area contributed by atoms with Crippen molar-refractivity contribution in [2.24, 2.45) is 5.10 Å². The highest BCUT2D eigenvalue weighted by atomic mass is 16.3. The molecule has 3 rings (SSSR count). The number of hydrogen-bond acceptors (Lipinski definition) is 4. The van der Waals surface area contributed by atoms with Crippen molar-refractivity contribution in [2.75, 3.05) is 0 Å². The van der Waals surface area contributed by atoms with E-state index < -0.39 is 0 Å². The Kier molecular flexibility index (Phi) is 4.56. The van der Waals surface area contributed by atoms with Gasteiger partial charge in [0.1, 0.15) is 5.69 Å². The highest BCUT2D eigenvalue weighted by Gasteiger charge is 2.11. The van der Waals surface area contributed by atoms with E-state index in [2.05, 4.69) is 46.7 Å². The normalized spacial score (nSPS) is 11.3. The van der Waals surface area contributed by atoms with Crippen LogP contribution in [0.3, 0.4) is 0 Å². The molecule has 0 aliphatic rings. The number of amides is 1. The Labute approximate surface area is 139 Å². The number of furan rings is 1. The number of aromatic nitrogens is 2. The standard InChI is InChI=1S/C18H18N4O2/c1-12(2)14-7-5-13(6-8-14)11-19-22-18(23)16-10-15(20-21-16)17-4-3-9-24-17/h3-12H,1-2H3,(H,20,21)(H,22,23). The van der Waals surface area contributed by atoms with Crippen LogP contribution in [0.15, 0.2) is 58.2 Å². The molecule has 2 aromatic heterocycles. The third kappa shape index (κ3) is 3.60. The number of hydrazone groups is 1. The Morgan fingerprint density at radius 2 is 2.08 bits per heavy atom. The number of hydrogen-bond donors (Lipinski definition) is 2. The van der Waals surface area contributed by atoms with E-state index in [1.54, 1.807) is 30.7 Å². The van der Waals surface area contributed by atoms with Crippen molar-refractivity contribution in [3.05, 3.63) is 65.5 Å². The van der Waals surface area contributed by atoms with Gasteiger partial charge in [0.15, 0.2) is 11.5 Å². The summed E-state index contributed by atoms with van der Waals surface area (Å²) in [6, 6.07) is 13.2. The second kappa shape index (κ2) is 6.95. The minimum absolute atomic E-state index is 0.244. The lowest BCUT2D eigenvalue weighted by Gasteiger charge is -2.04. The van der Waals surface area contributed by atoms with Gasteiger partial charge in [-0.05, 0) is 29.2 Å². The fraction of sp³-hybridized carbons (Fsp3) is 0.167. The van der Waals surface area contributed by atoms with E-state index in [0.717, 1.165) is 5.56 Å². The quantitative estimate of drug-likeness (QED) is 0.556. The van der Waals surface area contributed by atoms with E-state index in [9.17, 15) is 4.79 Å². The molecule has 0 unspecified atom stereocenters. The summed E-state index contributed by atoms with van der Waals surface area (Å²) >= 11 is 0. The third-order valence-electron chi connectivity index (χ3n) is 3.58. The van der Waals surface area contributed by atoms with Gasteiger partial charge in [-0.25, -0.2) is 5.43 Å². The van der Waals surface area contributed by atoms with Crippen molar-refractivity contribution in [1.82, 2.24) is 15.6 Å². The second-order valence-corrected chi connectivity index (χ2v) is 5.66. The van der Waals surface area contributed by atoms with E-state index in [0.29, 0.717) is 17.4 Å². The van der Waals surface area contributed by atoms with E-state index in [1.165, 1.54) is 5.56 Å². The van der Waals surface area contributed by atoms with Crippen LogP contribution in [0.4, 0.5) is 0 Å². The predicted octanol–water partition coefficient (Wildman–Crippen LogP) is 3.56. The number of benzene rings is 1. The molecule has 0 saturated carbocycles. The zero-order chi connectivity index (χ0) is 16.9. The number of nitrogens with zero attached hydrogens (tertiary/aromatic N) is 2. The molecule has 1 amide bonds. The van der Waals surface area contributed by atoms with Gasteiger partial charge < -0.3 is 4.42 Å². The number of H-pyrrole nitrogens is 1. The van der Waals surface area contributed by atoms with Gasteiger partial charge in [-0.3, -0.25) is 9.89 Å². The van der Waals surface area contributed by atoms with Gasteiger partial charge in [0.05, 0.1) is 12.5 Å². The molecule has 2 N–H and O–H groups in total. The van der Waals surface area contributed by atoms with Crippen LogP contribution in [0, 0.1) is 0 Å². The molecule has 0 aliphatic heterocycles. The third-order valence-corrected chi connectivity index (χ3v) is 3.58. The lowest BCUT2D eigenvalue weighted by Crippen LogP contribution is -2.18. The fourth-order valence-electron chi connectivity index (χ4n) is 2.19. The molecular weight excluding hydrogens is 304 g/mol. The summed E-state index contributed by atoms with van der Waals surface area (Å²) in [7, 11) is 0. The fourth-order valence-corrected chi connectivity index (χ4v) is 2.19. The molecule has 0 saturated heterocycles. The van der Waals surface area contributed by atoms with Crippen LogP contribution in [0.1, 0.15) is 41.4 Å². The van der Waals surface area contributed by atoms with E-state index in [-0.39, 0.29) is 11.6 Å². The van der Waals surface area contributed by atoms with Gasteiger partial charge in [-0.1, -0.05) is 38.1 Å². The molecule has 0 aliphatic carbocycles. The minimum atomic E-state index is -0.390. The van der Waals surface area contributed by atoms with Crippen LogP contribution >= 0.6 is 0 Å². The van der Waals surface area contributed by atoms with Crippen LogP contribution in [0.25, 0.3) is 11.5 Å². The van der Waals surface area contributed by atoms with E-state index >= 15 is 0 Å². The summed E-state index contributed by atoms with van der Waals surface area (Å²) in [4.78, 5) is 12.0. The molecule has 122 valence electrons. The van der Waals surface area contributed by atoms with Crippen LogP contribution in [-0.2, 0) is 0 Å². The van der Waals surface area contributed by atoms with Crippen LogP contribution < -0.4 is 5.43 Å².